The molecule has 1 aromatic carbocycles. The number of hydrogen-bond acceptors (Lipinski definition) is 3. The minimum atomic E-state index is -3.32. The summed E-state index contributed by atoms with van der Waals surface area (Å²) in [5.74, 6) is -5.04. The van der Waals surface area contributed by atoms with Gasteiger partial charge in [-0.3, -0.25) is 0 Å². The fourth-order valence-electron chi connectivity index (χ4n) is 1.08. The molecular weight excluding hydrogens is 244 g/mol. The molecule has 3 nitrogen and oxygen atoms in total. The minimum absolute atomic E-state index is 0.0167. The number of carbonyl (C=O) groups excluding carboxylic acids is 1. The lowest BCUT2D eigenvalue weighted by Crippen LogP contribution is -2.09. The van der Waals surface area contributed by atoms with E-state index in [2.05, 4.69) is 9.47 Å². The van der Waals surface area contributed by atoms with Crippen LogP contribution >= 0.6 is 0 Å². The fraction of sp³-hybridized carbons (Fsp3) is 0.300. The number of ether oxygens (including phenoxy) is 2. The van der Waals surface area contributed by atoms with E-state index in [4.69, 9.17) is 0 Å². The van der Waals surface area contributed by atoms with Crippen LogP contribution in [-0.2, 0) is 4.74 Å². The average molecular weight is 252 g/mol. The zero-order chi connectivity index (χ0) is 13.0. The third-order valence-electron chi connectivity index (χ3n) is 1.72. The Kier molecular flexibility index (Phi) is 4.30. The molecule has 0 unspecified atom stereocenters. The molecule has 0 radical (unpaired) electrons. The standard InChI is InChI=1S/C10H8F4O3/c1-2-16-9(15)5-3-6(11)8(12)7(4-5)17-10(13)14/h3-4,10H,2H2,1H3. The summed E-state index contributed by atoms with van der Waals surface area (Å²) in [5, 5.41) is 0. The lowest BCUT2D eigenvalue weighted by molar-refractivity contribution is -0.0526. The third kappa shape index (κ3) is 3.33. The zero-order valence-corrected chi connectivity index (χ0v) is 8.68. The molecule has 0 saturated heterocycles. The Morgan fingerprint density at radius 1 is 1.35 bits per heavy atom. The van der Waals surface area contributed by atoms with Crippen LogP contribution in [0, 0.1) is 11.6 Å². The van der Waals surface area contributed by atoms with E-state index in [1.807, 2.05) is 0 Å². The molecule has 7 heteroatoms. The zero-order valence-electron chi connectivity index (χ0n) is 8.68. The number of esters is 1. The third-order valence-corrected chi connectivity index (χ3v) is 1.72. The van der Waals surface area contributed by atoms with E-state index in [-0.39, 0.29) is 6.61 Å². The Bertz CT molecular complexity index is 420. The Labute approximate surface area is 93.9 Å². The van der Waals surface area contributed by atoms with Crippen LogP contribution in [0.4, 0.5) is 17.6 Å². The molecule has 0 amide bonds. The van der Waals surface area contributed by atoms with Gasteiger partial charge in [0.2, 0.25) is 5.82 Å². The normalized spacial score (nSPS) is 10.5. The van der Waals surface area contributed by atoms with Crippen molar-refractivity contribution >= 4 is 5.97 Å². The van der Waals surface area contributed by atoms with Crippen LogP contribution in [-0.4, -0.2) is 19.2 Å². The van der Waals surface area contributed by atoms with E-state index in [1.54, 1.807) is 0 Å². The van der Waals surface area contributed by atoms with Crippen molar-refractivity contribution in [3.8, 4) is 5.75 Å². The predicted molar refractivity (Wildman–Crippen MR) is 48.9 cm³/mol. The van der Waals surface area contributed by atoms with Gasteiger partial charge in [-0.1, -0.05) is 0 Å². The molecule has 0 aliphatic heterocycles. The maximum Gasteiger partial charge on any atom is 0.387 e. The molecule has 0 aromatic heterocycles. The van der Waals surface area contributed by atoms with Crippen molar-refractivity contribution in [1.29, 1.82) is 0 Å². The minimum Gasteiger partial charge on any atom is -0.462 e. The van der Waals surface area contributed by atoms with Gasteiger partial charge in [-0.25, -0.2) is 9.18 Å². The smallest absolute Gasteiger partial charge is 0.387 e. The molecule has 0 heterocycles. The summed E-state index contributed by atoms with van der Waals surface area (Å²) in [7, 11) is 0. The van der Waals surface area contributed by atoms with Crippen LogP contribution in [0.1, 0.15) is 17.3 Å². The van der Waals surface area contributed by atoms with Crippen molar-refractivity contribution in [3.63, 3.8) is 0 Å². The Hall–Kier alpha value is -1.79. The lowest BCUT2D eigenvalue weighted by atomic mass is 10.2. The number of hydrogen-bond donors (Lipinski definition) is 0. The Morgan fingerprint density at radius 3 is 2.53 bits per heavy atom. The SMILES string of the molecule is CCOC(=O)c1cc(F)c(F)c(OC(F)F)c1. The maximum absolute atomic E-state index is 13.0. The Morgan fingerprint density at radius 2 is 2.00 bits per heavy atom. The van der Waals surface area contributed by atoms with E-state index < -0.39 is 35.5 Å². The molecule has 0 N–H and O–H groups in total. The van der Waals surface area contributed by atoms with E-state index >= 15 is 0 Å². The van der Waals surface area contributed by atoms with Crippen molar-refractivity contribution in [3.05, 3.63) is 29.3 Å². The highest BCUT2D eigenvalue weighted by Gasteiger charge is 2.19. The van der Waals surface area contributed by atoms with Crippen molar-refractivity contribution < 1.29 is 31.8 Å². The van der Waals surface area contributed by atoms with E-state index in [1.165, 1.54) is 6.92 Å². The van der Waals surface area contributed by atoms with Crippen LogP contribution in [0.3, 0.4) is 0 Å². The van der Waals surface area contributed by atoms with Gasteiger partial charge in [0.25, 0.3) is 0 Å². The highest BCUT2D eigenvalue weighted by molar-refractivity contribution is 5.89. The van der Waals surface area contributed by atoms with Gasteiger partial charge in [-0.05, 0) is 19.1 Å². The number of carbonyl (C=O) groups is 1. The van der Waals surface area contributed by atoms with Gasteiger partial charge in [0, 0.05) is 0 Å². The first-order valence-electron chi connectivity index (χ1n) is 4.56. The summed E-state index contributed by atoms with van der Waals surface area (Å²) in [5.41, 5.74) is -0.401. The van der Waals surface area contributed by atoms with Crippen molar-refractivity contribution in [2.45, 2.75) is 13.5 Å². The summed E-state index contributed by atoms with van der Waals surface area (Å²) < 4.78 is 58.0. The van der Waals surface area contributed by atoms with Gasteiger partial charge in [-0.2, -0.15) is 13.2 Å². The predicted octanol–water partition coefficient (Wildman–Crippen LogP) is 2.74. The molecule has 0 aliphatic carbocycles. The first kappa shape index (κ1) is 13.3. The summed E-state index contributed by atoms with van der Waals surface area (Å²) in [6.45, 7) is -1.79. The van der Waals surface area contributed by atoms with Gasteiger partial charge in [0.1, 0.15) is 0 Å². The molecule has 1 aromatic rings. The Balaban J connectivity index is 3.09. The number of benzene rings is 1. The molecule has 0 bridgehead atoms. The van der Waals surface area contributed by atoms with Crippen molar-refractivity contribution in [2.24, 2.45) is 0 Å². The van der Waals surface area contributed by atoms with Crippen LogP contribution in [0.2, 0.25) is 0 Å². The van der Waals surface area contributed by atoms with E-state index in [0.717, 1.165) is 0 Å². The number of alkyl halides is 2. The second-order valence-corrected chi connectivity index (χ2v) is 2.87. The monoisotopic (exact) mass is 252 g/mol. The van der Waals surface area contributed by atoms with E-state index in [0.29, 0.717) is 12.1 Å². The molecule has 0 fully saturated rings. The molecule has 1 rings (SSSR count). The van der Waals surface area contributed by atoms with Crippen LogP contribution in [0.15, 0.2) is 12.1 Å². The quantitative estimate of drug-likeness (QED) is 0.610. The lowest BCUT2D eigenvalue weighted by Gasteiger charge is -2.08. The fourth-order valence-corrected chi connectivity index (χ4v) is 1.08. The molecule has 17 heavy (non-hydrogen) atoms. The van der Waals surface area contributed by atoms with Gasteiger partial charge < -0.3 is 9.47 Å². The largest absolute Gasteiger partial charge is 0.462 e. The van der Waals surface area contributed by atoms with Gasteiger partial charge in [0.15, 0.2) is 11.6 Å². The summed E-state index contributed by atoms with van der Waals surface area (Å²) in [6, 6.07) is 1.20. The summed E-state index contributed by atoms with van der Waals surface area (Å²) >= 11 is 0. The van der Waals surface area contributed by atoms with Crippen LogP contribution < -0.4 is 4.74 Å². The highest BCUT2D eigenvalue weighted by Crippen LogP contribution is 2.24. The van der Waals surface area contributed by atoms with Crippen LogP contribution in [0.5, 0.6) is 5.75 Å². The van der Waals surface area contributed by atoms with Crippen molar-refractivity contribution in [1.82, 2.24) is 0 Å². The van der Waals surface area contributed by atoms with Gasteiger partial charge in [-0.15, -0.1) is 0 Å². The van der Waals surface area contributed by atoms with Gasteiger partial charge >= 0.3 is 12.6 Å². The molecule has 0 spiro atoms. The molecule has 0 aliphatic rings. The topological polar surface area (TPSA) is 35.5 Å². The van der Waals surface area contributed by atoms with Crippen LogP contribution in [0.25, 0.3) is 0 Å². The highest BCUT2D eigenvalue weighted by atomic mass is 19.3. The first-order chi connectivity index (χ1) is 7.95. The second-order valence-electron chi connectivity index (χ2n) is 2.87. The van der Waals surface area contributed by atoms with E-state index in [9.17, 15) is 22.4 Å². The van der Waals surface area contributed by atoms with Gasteiger partial charge in [0.05, 0.1) is 12.2 Å². The molecular formula is C10H8F4O3. The summed E-state index contributed by atoms with van der Waals surface area (Å²) in [6.07, 6.45) is 0. The summed E-state index contributed by atoms with van der Waals surface area (Å²) in [4.78, 5) is 11.2. The molecule has 0 atom stereocenters. The maximum atomic E-state index is 13.0. The number of halogens is 4. The first-order valence-corrected chi connectivity index (χ1v) is 4.56. The average Bonchev–Trinajstić information content (AvgIpc) is 2.24. The number of rotatable bonds is 4. The second kappa shape index (κ2) is 5.51. The molecule has 0 saturated carbocycles. The molecule has 94 valence electrons. The van der Waals surface area contributed by atoms with Crippen molar-refractivity contribution in [2.75, 3.05) is 6.61 Å².